The molecular weight excluding hydrogens is 378 g/mol. The van der Waals surface area contributed by atoms with E-state index in [-0.39, 0.29) is 5.91 Å². The molecule has 5 nitrogen and oxygen atoms in total. The molecule has 1 heterocycles. The summed E-state index contributed by atoms with van der Waals surface area (Å²) in [7, 11) is 1.60. The van der Waals surface area contributed by atoms with Gasteiger partial charge in [-0.3, -0.25) is 4.79 Å². The maximum absolute atomic E-state index is 12.5. The molecule has 0 saturated carbocycles. The van der Waals surface area contributed by atoms with Gasteiger partial charge in [-0.2, -0.15) is 0 Å². The van der Waals surface area contributed by atoms with Crippen LogP contribution in [0.25, 0.3) is 11.3 Å². The van der Waals surface area contributed by atoms with E-state index < -0.39 is 0 Å². The fourth-order valence-electron chi connectivity index (χ4n) is 2.00. The third kappa shape index (κ3) is 3.57. The minimum absolute atomic E-state index is 0.233. The number of halogens is 1. The maximum atomic E-state index is 12.5. The first-order valence-electron chi connectivity index (χ1n) is 6.71. The molecule has 0 fully saturated rings. The van der Waals surface area contributed by atoms with Crippen LogP contribution in [0.2, 0.25) is 0 Å². The number of rotatable bonds is 4. The van der Waals surface area contributed by atoms with Gasteiger partial charge in [-0.1, -0.05) is 32.6 Å². The van der Waals surface area contributed by atoms with Gasteiger partial charge in [-0.25, -0.2) is 0 Å². The van der Waals surface area contributed by atoms with E-state index in [0.29, 0.717) is 16.3 Å². The number of ether oxygens (including phenoxy) is 1. The van der Waals surface area contributed by atoms with E-state index in [4.69, 9.17) is 4.74 Å². The molecule has 3 rings (SSSR count). The molecule has 0 bridgehead atoms. The normalized spacial score (nSPS) is 10.3. The number of carbonyl (C=O) groups is 1. The molecule has 0 atom stereocenters. The number of nitrogens with one attached hydrogen (secondary N) is 1. The molecule has 2 aromatic carbocycles. The van der Waals surface area contributed by atoms with Crippen LogP contribution in [0.5, 0.6) is 5.75 Å². The molecule has 0 aliphatic carbocycles. The molecule has 0 radical (unpaired) electrons. The summed E-state index contributed by atoms with van der Waals surface area (Å²) in [4.78, 5) is 12.9. The average molecular weight is 390 g/mol. The quantitative estimate of drug-likeness (QED) is 0.724. The monoisotopic (exact) mass is 389 g/mol. The topological polar surface area (TPSA) is 64.1 Å². The van der Waals surface area contributed by atoms with Gasteiger partial charge < -0.3 is 10.1 Å². The fraction of sp³-hybridized carbons (Fsp3) is 0.0625. The van der Waals surface area contributed by atoms with Crippen molar-refractivity contribution in [1.29, 1.82) is 0 Å². The Labute approximate surface area is 145 Å². The van der Waals surface area contributed by atoms with Crippen LogP contribution in [-0.2, 0) is 0 Å². The Kier molecular flexibility index (Phi) is 4.68. The largest absolute Gasteiger partial charge is 0.497 e. The second kappa shape index (κ2) is 6.89. The lowest BCUT2D eigenvalue weighted by Gasteiger charge is -2.06. The predicted octanol–water partition coefficient (Wildman–Crippen LogP) is 4.23. The Bertz CT molecular complexity index is 816. The molecule has 7 heteroatoms. The third-order valence-corrected chi connectivity index (χ3v) is 4.41. The number of hydrogen-bond donors (Lipinski definition) is 1. The lowest BCUT2D eigenvalue weighted by Crippen LogP contribution is -2.11. The minimum Gasteiger partial charge on any atom is -0.497 e. The zero-order chi connectivity index (χ0) is 16.2. The summed E-state index contributed by atoms with van der Waals surface area (Å²) in [6.07, 6.45) is 0. The molecule has 0 saturated heterocycles. The minimum atomic E-state index is -0.233. The average Bonchev–Trinajstić information content (AvgIpc) is 3.06. The number of methoxy groups -OCH3 is 1. The Hall–Kier alpha value is -2.25. The third-order valence-electron chi connectivity index (χ3n) is 3.16. The van der Waals surface area contributed by atoms with E-state index in [0.717, 1.165) is 27.3 Å². The van der Waals surface area contributed by atoms with Gasteiger partial charge in [0.05, 0.1) is 7.11 Å². The number of nitrogens with zero attached hydrogens (tertiary/aromatic N) is 2. The number of hydrogen-bond acceptors (Lipinski definition) is 5. The molecule has 0 aliphatic heterocycles. The van der Waals surface area contributed by atoms with Crippen LogP contribution in [0.15, 0.2) is 53.0 Å². The van der Waals surface area contributed by atoms with E-state index in [1.807, 2.05) is 24.3 Å². The Morgan fingerprint density at radius 1 is 1.13 bits per heavy atom. The second-order valence-corrected chi connectivity index (χ2v) is 6.31. The van der Waals surface area contributed by atoms with Crippen LogP contribution in [0, 0.1) is 0 Å². The zero-order valence-corrected chi connectivity index (χ0v) is 14.5. The predicted molar refractivity (Wildman–Crippen MR) is 94.0 cm³/mol. The number of anilines is 1. The molecule has 116 valence electrons. The zero-order valence-electron chi connectivity index (χ0n) is 12.1. The van der Waals surface area contributed by atoms with Gasteiger partial charge in [0.2, 0.25) is 0 Å². The Balaban J connectivity index is 1.82. The first-order valence-corrected chi connectivity index (χ1v) is 8.27. The van der Waals surface area contributed by atoms with E-state index in [1.54, 1.807) is 31.4 Å². The fourth-order valence-corrected chi connectivity index (χ4v) is 2.85. The smallest absolute Gasteiger partial charge is 0.269 e. The highest BCUT2D eigenvalue weighted by atomic mass is 79.9. The Morgan fingerprint density at radius 3 is 2.48 bits per heavy atom. The molecule has 0 aliphatic rings. The lowest BCUT2D eigenvalue weighted by molar-refractivity contribution is 0.103. The second-order valence-electron chi connectivity index (χ2n) is 4.64. The highest BCUT2D eigenvalue weighted by Crippen LogP contribution is 2.26. The van der Waals surface area contributed by atoms with Crippen molar-refractivity contribution in [1.82, 2.24) is 9.59 Å². The van der Waals surface area contributed by atoms with Gasteiger partial charge in [0.1, 0.15) is 16.3 Å². The van der Waals surface area contributed by atoms with Gasteiger partial charge in [0.15, 0.2) is 0 Å². The summed E-state index contributed by atoms with van der Waals surface area (Å²) < 4.78 is 9.97. The number of amides is 1. The maximum Gasteiger partial charge on any atom is 0.269 e. The SMILES string of the molecule is COc1ccc(NC(=O)c2snnc2-c2ccc(Br)cc2)cc1. The van der Waals surface area contributed by atoms with Crippen molar-refractivity contribution in [2.45, 2.75) is 0 Å². The number of benzene rings is 2. The summed E-state index contributed by atoms with van der Waals surface area (Å²) in [5.74, 6) is 0.501. The van der Waals surface area contributed by atoms with Crippen molar-refractivity contribution in [2.75, 3.05) is 12.4 Å². The summed E-state index contributed by atoms with van der Waals surface area (Å²) in [5, 5.41) is 6.92. The number of carbonyl (C=O) groups excluding carboxylic acids is 1. The summed E-state index contributed by atoms with van der Waals surface area (Å²) >= 11 is 4.46. The van der Waals surface area contributed by atoms with Crippen LogP contribution < -0.4 is 10.1 Å². The number of aromatic nitrogens is 2. The van der Waals surface area contributed by atoms with Crippen molar-refractivity contribution in [3.63, 3.8) is 0 Å². The van der Waals surface area contributed by atoms with Gasteiger partial charge in [0, 0.05) is 15.7 Å². The van der Waals surface area contributed by atoms with Crippen LogP contribution in [0.1, 0.15) is 9.67 Å². The van der Waals surface area contributed by atoms with Gasteiger partial charge in [0.25, 0.3) is 5.91 Å². The molecule has 23 heavy (non-hydrogen) atoms. The van der Waals surface area contributed by atoms with E-state index in [2.05, 4.69) is 30.8 Å². The summed E-state index contributed by atoms with van der Waals surface area (Å²) in [5.41, 5.74) is 2.11. The molecule has 3 aromatic rings. The van der Waals surface area contributed by atoms with Crippen molar-refractivity contribution < 1.29 is 9.53 Å². The van der Waals surface area contributed by atoms with Crippen molar-refractivity contribution in [2.24, 2.45) is 0 Å². The summed E-state index contributed by atoms with van der Waals surface area (Å²) in [6.45, 7) is 0. The molecule has 1 N–H and O–H groups in total. The Morgan fingerprint density at radius 2 is 1.83 bits per heavy atom. The van der Waals surface area contributed by atoms with Gasteiger partial charge in [-0.15, -0.1) is 5.10 Å². The van der Waals surface area contributed by atoms with Crippen LogP contribution in [-0.4, -0.2) is 22.6 Å². The van der Waals surface area contributed by atoms with Gasteiger partial charge in [-0.05, 0) is 47.9 Å². The van der Waals surface area contributed by atoms with E-state index >= 15 is 0 Å². The van der Waals surface area contributed by atoms with Crippen molar-refractivity contribution in [3.05, 3.63) is 57.9 Å². The molecule has 1 amide bonds. The molecule has 1 aromatic heterocycles. The van der Waals surface area contributed by atoms with Crippen LogP contribution in [0.4, 0.5) is 5.69 Å². The molecule has 0 spiro atoms. The summed E-state index contributed by atoms with van der Waals surface area (Å²) in [6, 6.07) is 14.7. The van der Waals surface area contributed by atoms with Crippen molar-refractivity contribution >= 4 is 39.1 Å². The highest BCUT2D eigenvalue weighted by molar-refractivity contribution is 9.10. The van der Waals surface area contributed by atoms with Crippen molar-refractivity contribution in [3.8, 4) is 17.0 Å². The first-order chi connectivity index (χ1) is 11.2. The van der Waals surface area contributed by atoms with Gasteiger partial charge >= 0.3 is 0 Å². The van der Waals surface area contributed by atoms with E-state index in [9.17, 15) is 4.79 Å². The standard InChI is InChI=1S/C16H12BrN3O2S/c1-22-13-8-6-12(7-9-13)18-16(21)15-14(19-20-23-15)10-2-4-11(17)5-3-10/h2-9H,1H3,(H,18,21). The van der Waals surface area contributed by atoms with Crippen LogP contribution >= 0.6 is 27.5 Å². The first kappa shape index (κ1) is 15.6. The molecule has 0 unspecified atom stereocenters. The highest BCUT2D eigenvalue weighted by Gasteiger charge is 2.18. The lowest BCUT2D eigenvalue weighted by atomic mass is 10.1. The molecular formula is C16H12BrN3O2S. The van der Waals surface area contributed by atoms with E-state index in [1.165, 1.54) is 0 Å². The van der Waals surface area contributed by atoms with Crippen LogP contribution in [0.3, 0.4) is 0 Å².